The summed E-state index contributed by atoms with van der Waals surface area (Å²) < 4.78 is 10.4. The first kappa shape index (κ1) is 13.5. The minimum atomic E-state index is 0.467. The van der Waals surface area contributed by atoms with E-state index in [1.54, 1.807) is 0 Å². The molecule has 4 nitrogen and oxygen atoms in total. The Morgan fingerprint density at radius 2 is 1.79 bits per heavy atom. The van der Waals surface area contributed by atoms with Crippen molar-refractivity contribution >= 4 is 6.29 Å². The smallest absolute Gasteiger partial charge is 0.122 e. The largest absolute Gasteiger partial charge is 0.379 e. The van der Waals surface area contributed by atoms with Crippen LogP contribution >= 0.6 is 0 Å². The Morgan fingerprint density at radius 3 is 2.36 bits per heavy atom. The third-order valence-corrected chi connectivity index (χ3v) is 1.55. The van der Waals surface area contributed by atoms with Crippen molar-refractivity contribution in [3.63, 3.8) is 0 Å². The van der Waals surface area contributed by atoms with Gasteiger partial charge in [0.05, 0.1) is 26.4 Å². The molecule has 0 aromatic heterocycles. The number of nitrogens with one attached hydrogen (secondary N) is 1. The van der Waals surface area contributed by atoms with Crippen LogP contribution in [-0.4, -0.2) is 45.3 Å². The van der Waals surface area contributed by atoms with Gasteiger partial charge < -0.3 is 19.6 Å². The Balaban J connectivity index is 2.88. The molecule has 4 heteroatoms. The van der Waals surface area contributed by atoms with Crippen molar-refractivity contribution < 1.29 is 14.3 Å². The van der Waals surface area contributed by atoms with Gasteiger partial charge in [-0.05, 0) is 0 Å². The Hall–Kier alpha value is -0.450. The van der Waals surface area contributed by atoms with E-state index in [2.05, 4.69) is 19.2 Å². The Kier molecular flexibility index (Phi) is 10.3. The van der Waals surface area contributed by atoms with Crippen LogP contribution in [0.1, 0.15) is 20.3 Å². The van der Waals surface area contributed by atoms with Crippen LogP contribution in [0.5, 0.6) is 0 Å². The second-order valence-corrected chi connectivity index (χ2v) is 3.29. The molecule has 1 N–H and O–H groups in total. The number of aldehydes is 1. The van der Waals surface area contributed by atoms with Gasteiger partial charge in [0.1, 0.15) is 6.29 Å². The van der Waals surface area contributed by atoms with Crippen LogP contribution in [0.2, 0.25) is 0 Å². The SMILES string of the molecule is CC(C)NCCOCCOCCC=O. The van der Waals surface area contributed by atoms with E-state index >= 15 is 0 Å². The molecule has 0 bridgehead atoms. The molecule has 0 aromatic rings. The highest BCUT2D eigenvalue weighted by atomic mass is 16.5. The van der Waals surface area contributed by atoms with Gasteiger partial charge in [-0.2, -0.15) is 0 Å². The Morgan fingerprint density at radius 1 is 1.14 bits per heavy atom. The van der Waals surface area contributed by atoms with Gasteiger partial charge in [-0.1, -0.05) is 13.8 Å². The molecule has 0 heterocycles. The first-order valence-corrected chi connectivity index (χ1v) is 5.10. The van der Waals surface area contributed by atoms with Gasteiger partial charge in [-0.25, -0.2) is 0 Å². The summed E-state index contributed by atoms with van der Waals surface area (Å²) in [6.45, 7) is 7.43. The topological polar surface area (TPSA) is 47.6 Å². The molecule has 84 valence electrons. The summed E-state index contributed by atoms with van der Waals surface area (Å²) in [6, 6.07) is 0.502. The van der Waals surface area contributed by atoms with Gasteiger partial charge in [-0.3, -0.25) is 0 Å². The predicted molar refractivity (Wildman–Crippen MR) is 55.5 cm³/mol. The van der Waals surface area contributed by atoms with Crippen molar-refractivity contribution in [3.05, 3.63) is 0 Å². The van der Waals surface area contributed by atoms with E-state index < -0.39 is 0 Å². The average molecular weight is 203 g/mol. The molecule has 0 fully saturated rings. The van der Waals surface area contributed by atoms with Crippen LogP contribution in [0.25, 0.3) is 0 Å². The number of rotatable bonds is 10. The molecule has 0 unspecified atom stereocenters. The molecule has 0 aliphatic rings. The summed E-state index contributed by atoms with van der Waals surface area (Å²) in [5.41, 5.74) is 0. The number of carbonyl (C=O) groups excluding carboxylic acids is 1. The fraction of sp³-hybridized carbons (Fsp3) is 0.900. The minimum Gasteiger partial charge on any atom is -0.379 e. The van der Waals surface area contributed by atoms with Crippen LogP contribution in [0, 0.1) is 0 Å². The molecular formula is C10H21NO3. The molecule has 0 rings (SSSR count). The molecule has 0 atom stereocenters. The summed E-state index contributed by atoms with van der Waals surface area (Å²) in [7, 11) is 0. The number of hydrogen-bond donors (Lipinski definition) is 1. The van der Waals surface area contributed by atoms with Crippen molar-refractivity contribution in [3.8, 4) is 0 Å². The highest BCUT2D eigenvalue weighted by Gasteiger charge is 1.92. The molecule has 14 heavy (non-hydrogen) atoms. The summed E-state index contributed by atoms with van der Waals surface area (Å²) in [6.07, 6.45) is 1.32. The monoisotopic (exact) mass is 203 g/mol. The van der Waals surface area contributed by atoms with Gasteiger partial charge in [0.2, 0.25) is 0 Å². The van der Waals surface area contributed by atoms with Crippen LogP contribution in [0.3, 0.4) is 0 Å². The third-order valence-electron chi connectivity index (χ3n) is 1.55. The van der Waals surface area contributed by atoms with Crippen molar-refractivity contribution in [2.24, 2.45) is 0 Å². The van der Waals surface area contributed by atoms with Gasteiger partial charge >= 0.3 is 0 Å². The van der Waals surface area contributed by atoms with Crippen LogP contribution in [0.4, 0.5) is 0 Å². The fourth-order valence-corrected chi connectivity index (χ4v) is 0.873. The van der Waals surface area contributed by atoms with E-state index in [0.29, 0.717) is 38.9 Å². The average Bonchev–Trinajstić information content (AvgIpc) is 2.15. The molecule has 0 saturated carbocycles. The maximum Gasteiger partial charge on any atom is 0.122 e. The van der Waals surface area contributed by atoms with Gasteiger partial charge in [-0.15, -0.1) is 0 Å². The lowest BCUT2D eigenvalue weighted by molar-refractivity contribution is -0.108. The Bertz CT molecular complexity index is 129. The summed E-state index contributed by atoms with van der Waals surface area (Å²) in [5, 5.41) is 3.24. The zero-order valence-corrected chi connectivity index (χ0v) is 9.12. The maximum absolute atomic E-state index is 9.92. The van der Waals surface area contributed by atoms with Crippen LogP contribution in [-0.2, 0) is 14.3 Å². The fourth-order valence-electron chi connectivity index (χ4n) is 0.873. The van der Waals surface area contributed by atoms with Gasteiger partial charge in [0.15, 0.2) is 0 Å². The van der Waals surface area contributed by atoms with E-state index in [1.165, 1.54) is 0 Å². The molecule has 0 aliphatic heterocycles. The normalized spacial score (nSPS) is 10.8. The highest BCUT2D eigenvalue weighted by Crippen LogP contribution is 1.81. The third kappa shape index (κ3) is 11.6. The zero-order valence-electron chi connectivity index (χ0n) is 9.12. The predicted octanol–water partition coefficient (Wildman–Crippen LogP) is 0.607. The molecular weight excluding hydrogens is 182 g/mol. The van der Waals surface area contributed by atoms with Crippen molar-refractivity contribution in [2.75, 3.05) is 33.0 Å². The lowest BCUT2D eigenvalue weighted by Gasteiger charge is -2.08. The van der Waals surface area contributed by atoms with Crippen LogP contribution in [0.15, 0.2) is 0 Å². The molecule has 0 aliphatic carbocycles. The number of hydrogen-bond acceptors (Lipinski definition) is 4. The van der Waals surface area contributed by atoms with E-state index in [0.717, 1.165) is 12.8 Å². The summed E-state index contributed by atoms with van der Waals surface area (Å²) in [4.78, 5) is 9.92. The standard InChI is InChI=1S/C10H21NO3/c1-10(2)11-4-7-14-9-8-13-6-3-5-12/h5,10-11H,3-4,6-9H2,1-2H3. The lowest BCUT2D eigenvalue weighted by atomic mass is 10.4. The molecule has 0 spiro atoms. The van der Waals surface area contributed by atoms with Crippen LogP contribution < -0.4 is 5.32 Å². The molecule has 0 saturated heterocycles. The lowest BCUT2D eigenvalue weighted by Crippen LogP contribution is -2.27. The first-order valence-electron chi connectivity index (χ1n) is 5.10. The summed E-state index contributed by atoms with van der Waals surface area (Å²) in [5.74, 6) is 0. The quantitative estimate of drug-likeness (QED) is 0.417. The summed E-state index contributed by atoms with van der Waals surface area (Å²) >= 11 is 0. The molecule has 0 aromatic carbocycles. The first-order chi connectivity index (χ1) is 6.77. The maximum atomic E-state index is 9.92. The van der Waals surface area contributed by atoms with Gasteiger partial charge in [0.25, 0.3) is 0 Å². The van der Waals surface area contributed by atoms with Crippen molar-refractivity contribution in [2.45, 2.75) is 26.3 Å². The molecule has 0 radical (unpaired) electrons. The van der Waals surface area contributed by atoms with Crippen molar-refractivity contribution in [1.82, 2.24) is 5.32 Å². The zero-order chi connectivity index (χ0) is 10.6. The number of ether oxygens (including phenoxy) is 2. The van der Waals surface area contributed by atoms with Gasteiger partial charge in [0, 0.05) is 19.0 Å². The number of carbonyl (C=O) groups is 1. The van der Waals surface area contributed by atoms with Crippen molar-refractivity contribution in [1.29, 1.82) is 0 Å². The minimum absolute atomic E-state index is 0.467. The van der Waals surface area contributed by atoms with E-state index in [9.17, 15) is 4.79 Å². The second kappa shape index (κ2) is 10.6. The second-order valence-electron chi connectivity index (χ2n) is 3.29. The van der Waals surface area contributed by atoms with E-state index in [1.807, 2.05) is 0 Å². The molecule has 0 amide bonds. The van der Waals surface area contributed by atoms with E-state index in [-0.39, 0.29) is 0 Å². The highest BCUT2D eigenvalue weighted by molar-refractivity contribution is 5.49. The van der Waals surface area contributed by atoms with E-state index in [4.69, 9.17) is 9.47 Å². The Labute approximate surface area is 86.0 Å².